The van der Waals surface area contributed by atoms with Gasteiger partial charge in [0.2, 0.25) is 5.88 Å². The second-order valence-electron chi connectivity index (χ2n) is 5.85. The van der Waals surface area contributed by atoms with Crippen molar-refractivity contribution in [3.63, 3.8) is 0 Å². The monoisotopic (exact) mass is 299 g/mol. The first-order valence-electron chi connectivity index (χ1n) is 7.53. The van der Waals surface area contributed by atoms with Gasteiger partial charge in [0.05, 0.1) is 7.11 Å². The lowest BCUT2D eigenvalue weighted by atomic mass is 10.1. The molecule has 22 heavy (non-hydrogen) atoms. The third-order valence-electron chi connectivity index (χ3n) is 4.21. The molecule has 1 atom stereocenters. The summed E-state index contributed by atoms with van der Waals surface area (Å²) in [6.07, 6.45) is 0. The fourth-order valence-electron chi connectivity index (χ4n) is 3.02. The van der Waals surface area contributed by atoms with Crippen LogP contribution in [0.5, 0.6) is 5.88 Å². The van der Waals surface area contributed by atoms with E-state index in [4.69, 9.17) is 4.74 Å². The number of pyridine rings is 1. The fraction of sp³-hybridized carbons (Fsp3) is 0.412. The quantitative estimate of drug-likeness (QED) is 0.851. The molecule has 1 aliphatic heterocycles. The Labute approximate surface area is 130 Å². The van der Waals surface area contributed by atoms with Crippen LogP contribution in [0.3, 0.4) is 0 Å². The van der Waals surface area contributed by atoms with Crippen LogP contribution >= 0.6 is 0 Å². The highest BCUT2D eigenvalue weighted by Gasteiger charge is 2.27. The van der Waals surface area contributed by atoms with Crippen molar-refractivity contribution in [3.8, 4) is 5.88 Å². The lowest BCUT2D eigenvalue weighted by Crippen LogP contribution is -2.52. The Morgan fingerprint density at radius 3 is 2.82 bits per heavy atom. The van der Waals surface area contributed by atoms with E-state index >= 15 is 0 Å². The first kappa shape index (κ1) is 14.8. The Bertz CT molecular complexity index is 701. The van der Waals surface area contributed by atoms with Crippen molar-refractivity contribution in [2.45, 2.75) is 13.0 Å². The van der Waals surface area contributed by atoms with Crippen LogP contribution in [-0.2, 0) is 0 Å². The fourth-order valence-corrected chi connectivity index (χ4v) is 3.02. The maximum atomic E-state index is 12.8. The van der Waals surface area contributed by atoms with E-state index in [1.807, 2.05) is 35.2 Å². The first-order chi connectivity index (χ1) is 10.6. The summed E-state index contributed by atoms with van der Waals surface area (Å²) in [6, 6.07) is 9.86. The summed E-state index contributed by atoms with van der Waals surface area (Å²) >= 11 is 0. The van der Waals surface area contributed by atoms with E-state index in [0.717, 1.165) is 30.4 Å². The third-order valence-corrected chi connectivity index (χ3v) is 4.21. The van der Waals surface area contributed by atoms with E-state index in [2.05, 4.69) is 23.9 Å². The lowest BCUT2D eigenvalue weighted by molar-refractivity contribution is 0.0527. The highest BCUT2D eigenvalue weighted by molar-refractivity contribution is 5.98. The van der Waals surface area contributed by atoms with Crippen molar-refractivity contribution in [2.75, 3.05) is 33.8 Å². The van der Waals surface area contributed by atoms with Crippen LogP contribution in [0.15, 0.2) is 30.3 Å². The Morgan fingerprint density at radius 1 is 1.32 bits per heavy atom. The van der Waals surface area contributed by atoms with Crippen LogP contribution in [0.4, 0.5) is 0 Å². The van der Waals surface area contributed by atoms with Crippen molar-refractivity contribution < 1.29 is 9.53 Å². The molecule has 116 valence electrons. The summed E-state index contributed by atoms with van der Waals surface area (Å²) in [5.74, 6) is 0.480. The molecule has 1 amide bonds. The normalized spacial score (nSPS) is 19.4. The molecule has 1 aromatic carbocycles. The van der Waals surface area contributed by atoms with Gasteiger partial charge in [0, 0.05) is 31.1 Å². The van der Waals surface area contributed by atoms with Crippen LogP contribution in [0.1, 0.15) is 17.4 Å². The molecule has 5 nitrogen and oxygen atoms in total. The Kier molecular flexibility index (Phi) is 3.98. The Balaban J connectivity index is 1.97. The number of aromatic nitrogens is 1. The number of hydrogen-bond acceptors (Lipinski definition) is 4. The summed E-state index contributed by atoms with van der Waals surface area (Å²) in [5, 5.41) is 1.90. The second-order valence-corrected chi connectivity index (χ2v) is 5.85. The standard InChI is InChI=1S/C17H21N3O2/c1-12-11-19(2)8-9-20(12)17(21)15-10-13-6-4-5-7-14(13)16(18-15)22-3/h4-7,10,12H,8-9,11H2,1-3H3/t12-/m0/s1. The topological polar surface area (TPSA) is 45.7 Å². The number of carbonyl (C=O) groups is 1. The molecule has 0 N–H and O–H groups in total. The number of methoxy groups -OCH3 is 1. The molecule has 1 saturated heterocycles. The molecule has 1 fully saturated rings. The molecule has 1 aromatic heterocycles. The lowest BCUT2D eigenvalue weighted by Gasteiger charge is -2.38. The summed E-state index contributed by atoms with van der Waals surface area (Å²) < 4.78 is 5.36. The molecule has 5 heteroatoms. The van der Waals surface area contributed by atoms with Crippen LogP contribution in [-0.4, -0.2) is 60.5 Å². The van der Waals surface area contributed by atoms with E-state index in [0.29, 0.717) is 11.6 Å². The minimum absolute atomic E-state index is 0.0235. The molecular formula is C17H21N3O2. The van der Waals surface area contributed by atoms with Gasteiger partial charge in [-0.3, -0.25) is 4.79 Å². The maximum absolute atomic E-state index is 12.8. The van der Waals surface area contributed by atoms with E-state index < -0.39 is 0 Å². The van der Waals surface area contributed by atoms with Gasteiger partial charge in [-0.1, -0.05) is 18.2 Å². The highest BCUT2D eigenvalue weighted by Crippen LogP contribution is 2.25. The zero-order valence-electron chi connectivity index (χ0n) is 13.2. The van der Waals surface area contributed by atoms with Crippen LogP contribution < -0.4 is 4.74 Å². The van der Waals surface area contributed by atoms with Crippen LogP contribution in [0, 0.1) is 0 Å². The zero-order chi connectivity index (χ0) is 15.7. The van der Waals surface area contributed by atoms with Gasteiger partial charge in [0.1, 0.15) is 5.69 Å². The average molecular weight is 299 g/mol. The highest BCUT2D eigenvalue weighted by atomic mass is 16.5. The number of nitrogens with zero attached hydrogens (tertiary/aromatic N) is 3. The van der Waals surface area contributed by atoms with Crippen molar-refractivity contribution in [3.05, 3.63) is 36.0 Å². The maximum Gasteiger partial charge on any atom is 0.272 e. The third kappa shape index (κ3) is 2.64. The number of fused-ring (bicyclic) bond motifs is 1. The minimum Gasteiger partial charge on any atom is -0.481 e. The van der Waals surface area contributed by atoms with E-state index in [1.165, 1.54) is 0 Å². The molecule has 0 saturated carbocycles. The minimum atomic E-state index is -0.0235. The number of amides is 1. The van der Waals surface area contributed by atoms with Gasteiger partial charge in [-0.05, 0) is 31.5 Å². The van der Waals surface area contributed by atoms with Gasteiger partial charge >= 0.3 is 0 Å². The van der Waals surface area contributed by atoms with Gasteiger partial charge in [0.15, 0.2) is 0 Å². The van der Waals surface area contributed by atoms with Gasteiger partial charge in [-0.15, -0.1) is 0 Å². The van der Waals surface area contributed by atoms with E-state index in [1.54, 1.807) is 7.11 Å². The number of likely N-dealkylation sites (N-methyl/N-ethyl adjacent to an activating group) is 1. The molecule has 0 spiro atoms. The number of piperazine rings is 1. The van der Waals surface area contributed by atoms with Gasteiger partial charge in [0.25, 0.3) is 5.91 Å². The largest absolute Gasteiger partial charge is 0.481 e. The average Bonchev–Trinajstić information content (AvgIpc) is 2.53. The molecule has 2 aromatic rings. The molecule has 0 bridgehead atoms. The Hall–Kier alpha value is -2.14. The molecule has 3 rings (SSSR count). The molecule has 0 unspecified atom stereocenters. The second kappa shape index (κ2) is 5.93. The van der Waals surface area contributed by atoms with Crippen molar-refractivity contribution in [1.82, 2.24) is 14.8 Å². The van der Waals surface area contributed by atoms with Crippen LogP contribution in [0.25, 0.3) is 10.8 Å². The van der Waals surface area contributed by atoms with Gasteiger partial charge in [-0.2, -0.15) is 0 Å². The molecule has 0 aliphatic carbocycles. The molecule has 1 aliphatic rings. The van der Waals surface area contributed by atoms with Gasteiger partial charge in [-0.25, -0.2) is 4.98 Å². The predicted octanol–water partition coefficient (Wildman–Crippen LogP) is 2.02. The number of hydrogen-bond donors (Lipinski definition) is 0. The van der Waals surface area contributed by atoms with Crippen molar-refractivity contribution in [1.29, 1.82) is 0 Å². The van der Waals surface area contributed by atoms with Crippen molar-refractivity contribution >= 4 is 16.7 Å². The Morgan fingerprint density at radius 2 is 2.09 bits per heavy atom. The summed E-state index contributed by atoms with van der Waals surface area (Å²) in [4.78, 5) is 21.4. The summed E-state index contributed by atoms with van der Waals surface area (Å²) in [7, 11) is 3.66. The molecule has 2 heterocycles. The summed E-state index contributed by atoms with van der Waals surface area (Å²) in [5.41, 5.74) is 0.451. The number of ether oxygens (including phenoxy) is 1. The first-order valence-corrected chi connectivity index (χ1v) is 7.53. The smallest absolute Gasteiger partial charge is 0.272 e. The van der Waals surface area contributed by atoms with Gasteiger partial charge < -0.3 is 14.5 Å². The number of carbonyl (C=O) groups excluding carboxylic acids is 1. The van der Waals surface area contributed by atoms with Crippen molar-refractivity contribution in [2.24, 2.45) is 0 Å². The molecule has 0 radical (unpaired) electrons. The summed E-state index contributed by atoms with van der Waals surface area (Å²) in [6.45, 7) is 4.58. The molecular weight excluding hydrogens is 278 g/mol. The van der Waals surface area contributed by atoms with E-state index in [9.17, 15) is 4.79 Å². The predicted molar refractivity (Wildman–Crippen MR) is 86.3 cm³/mol. The number of rotatable bonds is 2. The zero-order valence-corrected chi connectivity index (χ0v) is 13.2. The SMILES string of the molecule is COc1nc(C(=O)N2CCN(C)C[C@@H]2C)cc2ccccc12. The number of benzene rings is 1. The van der Waals surface area contributed by atoms with Crippen LogP contribution in [0.2, 0.25) is 0 Å². The van der Waals surface area contributed by atoms with E-state index in [-0.39, 0.29) is 11.9 Å².